The van der Waals surface area contributed by atoms with Crippen LogP contribution < -0.4 is 10.6 Å². The van der Waals surface area contributed by atoms with E-state index in [1.54, 1.807) is 25.1 Å². The number of aliphatic hydroxyl groups excluding tert-OH is 1. The van der Waals surface area contributed by atoms with Crippen molar-refractivity contribution in [2.45, 2.75) is 87.1 Å². The van der Waals surface area contributed by atoms with E-state index in [-0.39, 0.29) is 39.5 Å². The number of alkyl halides is 3. The van der Waals surface area contributed by atoms with Crippen LogP contribution in [0, 0.1) is 18.3 Å². The molecule has 3 atom stereocenters. The van der Waals surface area contributed by atoms with Crippen molar-refractivity contribution in [1.82, 2.24) is 15.3 Å². The van der Waals surface area contributed by atoms with E-state index >= 15 is 0 Å². The van der Waals surface area contributed by atoms with Crippen LogP contribution in [0.3, 0.4) is 0 Å². The fraction of sp³-hybridized carbons (Fsp3) is 0.630. The Morgan fingerprint density at radius 2 is 1.87 bits per heavy atom. The summed E-state index contributed by atoms with van der Waals surface area (Å²) in [5.41, 5.74) is 0.294. The van der Waals surface area contributed by atoms with Crippen molar-refractivity contribution in [3.63, 3.8) is 0 Å². The van der Waals surface area contributed by atoms with Gasteiger partial charge in [0.15, 0.2) is 9.84 Å². The molecule has 3 aliphatic rings. The minimum Gasteiger partial charge on any atom is -0.393 e. The van der Waals surface area contributed by atoms with Crippen molar-refractivity contribution in [2.24, 2.45) is 11.3 Å². The zero-order valence-corrected chi connectivity index (χ0v) is 22.5. The second-order valence-corrected chi connectivity index (χ2v) is 13.7. The second kappa shape index (κ2) is 10.1. The number of aryl methyl sites for hydroxylation is 1. The summed E-state index contributed by atoms with van der Waals surface area (Å²) in [5, 5.41) is 16.2. The summed E-state index contributed by atoms with van der Waals surface area (Å²) >= 11 is 0. The number of benzene rings is 1. The molecule has 1 aromatic heterocycles. The van der Waals surface area contributed by atoms with Gasteiger partial charge in [0, 0.05) is 17.8 Å². The molecule has 0 radical (unpaired) electrons. The summed E-state index contributed by atoms with van der Waals surface area (Å²) in [4.78, 5) is 8.42. The monoisotopic (exact) mass is 552 g/mol. The first-order valence-electron chi connectivity index (χ1n) is 13.3. The van der Waals surface area contributed by atoms with Gasteiger partial charge in [-0.15, -0.1) is 0 Å². The Bertz CT molecular complexity index is 1290. The lowest BCUT2D eigenvalue weighted by molar-refractivity contribution is -0.139. The Kier molecular flexibility index (Phi) is 7.23. The highest BCUT2D eigenvalue weighted by molar-refractivity contribution is 7.92. The topological polar surface area (TPSA) is 104 Å². The molecule has 2 aromatic rings. The van der Waals surface area contributed by atoms with Crippen LogP contribution in [-0.4, -0.2) is 47.9 Å². The fourth-order valence-corrected chi connectivity index (χ4v) is 8.42. The maximum Gasteiger partial charge on any atom is 0.419 e. The Balaban J connectivity index is 1.35. The molecule has 1 saturated heterocycles. The first kappa shape index (κ1) is 27.3. The molecule has 0 bridgehead atoms. The van der Waals surface area contributed by atoms with Crippen LogP contribution in [-0.2, 0) is 16.0 Å². The van der Waals surface area contributed by atoms with E-state index in [1.165, 1.54) is 0 Å². The predicted octanol–water partition coefficient (Wildman–Crippen LogP) is 5.12. The quantitative estimate of drug-likeness (QED) is 0.473. The van der Waals surface area contributed by atoms with Crippen molar-refractivity contribution < 1.29 is 26.7 Å². The third-order valence-electron chi connectivity index (χ3n) is 8.86. The summed E-state index contributed by atoms with van der Waals surface area (Å²) in [7, 11) is -3.47. The summed E-state index contributed by atoms with van der Waals surface area (Å²) in [5.74, 6) is -0.491. The minimum absolute atomic E-state index is 0.00617. The molecule has 2 saturated carbocycles. The highest BCUT2D eigenvalue weighted by atomic mass is 32.2. The van der Waals surface area contributed by atoms with Gasteiger partial charge < -0.3 is 15.7 Å². The summed E-state index contributed by atoms with van der Waals surface area (Å²) < 4.78 is 67.8. The van der Waals surface area contributed by atoms with Crippen LogP contribution in [0.1, 0.15) is 74.6 Å². The number of aliphatic hydroxyl groups is 1. The minimum atomic E-state index is -4.61. The molecule has 0 amide bonds. The van der Waals surface area contributed by atoms with Gasteiger partial charge in [0.2, 0.25) is 5.95 Å². The highest BCUT2D eigenvalue weighted by Gasteiger charge is 2.50. The van der Waals surface area contributed by atoms with Crippen LogP contribution in [0.15, 0.2) is 29.3 Å². The largest absolute Gasteiger partial charge is 0.419 e. The van der Waals surface area contributed by atoms with Crippen molar-refractivity contribution >= 4 is 21.5 Å². The molecule has 11 heteroatoms. The number of anilines is 2. The van der Waals surface area contributed by atoms with Gasteiger partial charge in [0.1, 0.15) is 0 Å². The lowest BCUT2D eigenvalue weighted by Gasteiger charge is -2.49. The number of aromatic nitrogens is 2. The molecule has 7 nitrogen and oxygen atoms in total. The third kappa shape index (κ3) is 5.29. The molecule has 3 unspecified atom stereocenters. The fourth-order valence-electron chi connectivity index (χ4n) is 6.29. The van der Waals surface area contributed by atoms with Gasteiger partial charge in [-0.2, -0.15) is 13.2 Å². The average molecular weight is 553 g/mol. The van der Waals surface area contributed by atoms with Crippen LogP contribution in [0.2, 0.25) is 0 Å². The lowest BCUT2D eigenvalue weighted by atomic mass is 9.63. The van der Waals surface area contributed by atoms with E-state index in [4.69, 9.17) is 0 Å². The third-order valence-corrected chi connectivity index (χ3v) is 11.0. The van der Waals surface area contributed by atoms with Crippen molar-refractivity contribution in [1.29, 1.82) is 0 Å². The number of nitrogens with one attached hydrogen (secondary N) is 2. The Morgan fingerprint density at radius 3 is 2.50 bits per heavy atom. The molecule has 1 spiro atoms. The van der Waals surface area contributed by atoms with E-state index in [9.17, 15) is 26.7 Å². The maximum atomic E-state index is 13.7. The van der Waals surface area contributed by atoms with Gasteiger partial charge in [0.25, 0.3) is 0 Å². The SMILES string of the molecule is Cc1cc(S(=O)(=O)C2CC3(CCNCC3)C2)ccc1Nc1ncc(C(F)(F)F)c(C2CCC(C)C(O)C2)n1. The van der Waals surface area contributed by atoms with E-state index in [1.807, 2.05) is 6.92 Å². The van der Waals surface area contributed by atoms with Crippen molar-refractivity contribution in [3.05, 3.63) is 41.2 Å². The first-order chi connectivity index (χ1) is 17.9. The molecule has 3 fully saturated rings. The van der Waals surface area contributed by atoms with E-state index in [0.717, 1.165) is 32.1 Å². The van der Waals surface area contributed by atoms with Crippen LogP contribution in [0.5, 0.6) is 0 Å². The van der Waals surface area contributed by atoms with Crippen molar-refractivity contribution in [3.8, 4) is 0 Å². The van der Waals surface area contributed by atoms with E-state index in [0.29, 0.717) is 36.9 Å². The van der Waals surface area contributed by atoms with E-state index < -0.39 is 33.6 Å². The number of nitrogens with zero attached hydrogens (tertiary/aromatic N) is 2. The van der Waals surface area contributed by atoms with Crippen LogP contribution in [0.4, 0.5) is 24.8 Å². The van der Waals surface area contributed by atoms with Gasteiger partial charge in [-0.3, -0.25) is 0 Å². The highest BCUT2D eigenvalue weighted by Crippen LogP contribution is 2.52. The molecular weight excluding hydrogens is 517 g/mol. The summed E-state index contributed by atoms with van der Waals surface area (Å²) in [6.07, 6.45) is 0.220. The van der Waals surface area contributed by atoms with Gasteiger partial charge in [-0.25, -0.2) is 18.4 Å². The molecule has 38 heavy (non-hydrogen) atoms. The molecule has 208 valence electrons. The molecule has 1 aliphatic heterocycles. The summed E-state index contributed by atoms with van der Waals surface area (Å²) in [6, 6.07) is 4.77. The molecule has 2 aliphatic carbocycles. The number of sulfone groups is 1. The molecule has 2 heterocycles. The predicted molar refractivity (Wildman–Crippen MR) is 138 cm³/mol. The van der Waals surface area contributed by atoms with Gasteiger partial charge in [-0.05, 0) is 100 Å². The van der Waals surface area contributed by atoms with Gasteiger partial charge in [-0.1, -0.05) is 6.92 Å². The van der Waals surface area contributed by atoms with E-state index in [2.05, 4.69) is 20.6 Å². The van der Waals surface area contributed by atoms with Crippen molar-refractivity contribution in [2.75, 3.05) is 18.4 Å². The summed E-state index contributed by atoms with van der Waals surface area (Å²) in [6.45, 7) is 5.50. The van der Waals surface area contributed by atoms with Crippen LogP contribution in [0.25, 0.3) is 0 Å². The maximum absolute atomic E-state index is 13.7. The molecular formula is C27H35F3N4O3S. The number of hydrogen-bond acceptors (Lipinski definition) is 7. The number of rotatable bonds is 5. The average Bonchev–Trinajstić information content (AvgIpc) is 2.85. The second-order valence-electron chi connectivity index (χ2n) is 11.5. The molecule has 3 N–H and O–H groups in total. The zero-order valence-electron chi connectivity index (χ0n) is 21.7. The first-order valence-corrected chi connectivity index (χ1v) is 14.9. The Hall–Kier alpha value is -2.24. The lowest BCUT2D eigenvalue weighted by Crippen LogP contribution is -2.50. The zero-order chi connectivity index (χ0) is 27.3. The number of hydrogen-bond donors (Lipinski definition) is 3. The standard InChI is InChI=1S/C27H35F3N4O3S/c1-16-3-4-18(12-23(16)35)24-21(27(28,29)30)15-32-25(34-24)33-22-6-5-19(11-17(22)2)38(36,37)20-13-26(14-20)7-9-31-10-8-26/h5-6,11,15-16,18,20,23,31,35H,3-4,7-10,12-14H2,1-2H3,(H,32,33,34). The van der Waals surface area contributed by atoms with Crippen LogP contribution >= 0.6 is 0 Å². The van der Waals surface area contributed by atoms with Gasteiger partial charge >= 0.3 is 6.18 Å². The normalized spacial score (nSPS) is 26.2. The van der Waals surface area contributed by atoms with Gasteiger partial charge in [0.05, 0.1) is 27.5 Å². The number of halogens is 3. The Labute approximate surface area is 221 Å². The Morgan fingerprint density at radius 1 is 1.16 bits per heavy atom. The smallest absolute Gasteiger partial charge is 0.393 e. The molecule has 1 aromatic carbocycles. The molecule has 5 rings (SSSR count). The number of piperidine rings is 1.